The van der Waals surface area contributed by atoms with Crippen LogP contribution in [-0.4, -0.2) is 21.0 Å². The average molecular weight is 270 g/mol. The third kappa shape index (κ3) is 2.44. The van der Waals surface area contributed by atoms with E-state index in [1.165, 1.54) is 18.2 Å². The van der Waals surface area contributed by atoms with Gasteiger partial charge in [-0.05, 0) is 25.1 Å². The molecule has 0 bridgehead atoms. The first kappa shape index (κ1) is 13.1. The first-order valence-corrected chi connectivity index (χ1v) is 5.26. The lowest BCUT2D eigenvalue weighted by Gasteiger charge is -2.11. The van der Waals surface area contributed by atoms with Crippen molar-refractivity contribution < 1.29 is 23.1 Å². The van der Waals surface area contributed by atoms with E-state index in [1.54, 1.807) is 6.92 Å². The Morgan fingerprint density at radius 2 is 2.11 bits per heavy atom. The Hall–Kier alpha value is -2.31. The topological polar surface area (TPSA) is 66.0 Å². The molecule has 2 aromatic heterocycles. The predicted octanol–water partition coefficient (Wildman–Crippen LogP) is 3.10. The minimum absolute atomic E-state index is 0.0922. The summed E-state index contributed by atoms with van der Waals surface area (Å²) in [6.07, 6.45) is -3.63. The number of rotatable bonds is 2. The van der Waals surface area contributed by atoms with Gasteiger partial charge < -0.3 is 10.1 Å². The van der Waals surface area contributed by atoms with Crippen molar-refractivity contribution in [3.63, 3.8) is 0 Å². The number of pyridine rings is 1. The fourth-order valence-corrected chi connectivity index (χ4v) is 1.80. The highest BCUT2D eigenvalue weighted by atomic mass is 19.4. The van der Waals surface area contributed by atoms with Crippen LogP contribution >= 0.6 is 0 Å². The van der Waals surface area contributed by atoms with Gasteiger partial charge in [0.25, 0.3) is 0 Å². The van der Waals surface area contributed by atoms with Gasteiger partial charge in [0.2, 0.25) is 0 Å². The number of hydrogen-bond acceptors (Lipinski definition) is 2. The van der Waals surface area contributed by atoms with Gasteiger partial charge in [-0.2, -0.15) is 13.2 Å². The molecule has 0 atom stereocenters. The molecule has 0 saturated heterocycles. The van der Waals surface area contributed by atoms with Gasteiger partial charge in [0.1, 0.15) is 0 Å². The highest BCUT2D eigenvalue weighted by molar-refractivity contribution is 5.95. The number of H-pyrrole nitrogens is 1. The maximum atomic E-state index is 12.8. The number of aromatic amines is 1. The highest BCUT2D eigenvalue weighted by Crippen LogP contribution is 2.36. The number of carbonyl (C=O) groups is 1. The monoisotopic (exact) mass is 270 g/mol. The molecule has 0 unspecified atom stereocenters. The molecule has 0 spiro atoms. The van der Waals surface area contributed by atoms with Crippen molar-refractivity contribution in [2.24, 2.45) is 0 Å². The molecule has 0 aromatic carbocycles. The molecule has 7 heteroatoms. The minimum atomic E-state index is -4.65. The molecule has 0 amide bonds. The number of nitrogens with one attached hydrogen (secondary N) is 1. The van der Waals surface area contributed by atoms with Crippen LogP contribution in [0.25, 0.3) is 11.3 Å². The average Bonchev–Trinajstić information content (AvgIpc) is 2.70. The Morgan fingerprint density at radius 1 is 1.42 bits per heavy atom. The molecule has 0 saturated carbocycles. The van der Waals surface area contributed by atoms with E-state index in [2.05, 4.69) is 9.97 Å². The number of carboxylic acids is 1. The van der Waals surface area contributed by atoms with E-state index in [-0.39, 0.29) is 16.8 Å². The van der Waals surface area contributed by atoms with Gasteiger partial charge in [0.05, 0.1) is 11.3 Å². The Kier molecular flexibility index (Phi) is 3.05. The molecule has 0 aliphatic carbocycles. The van der Waals surface area contributed by atoms with E-state index in [0.29, 0.717) is 5.69 Å². The smallest absolute Gasteiger partial charge is 0.434 e. The van der Waals surface area contributed by atoms with Gasteiger partial charge >= 0.3 is 12.1 Å². The van der Waals surface area contributed by atoms with E-state index >= 15 is 0 Å². The quantitative estimate of drug-likeness (QED) is 0.881. The van der Waals surface area contributed by atoms with Crippen LogP contribution in [0.5, 0.6) is 0 Å². The van der Waals surface area contributed by atoms with Crippen molar-refractivity contribution in [2.75, 3.05) is 0 Å². The fourth-order valence-electron chi connectivity index (χ4n) is 1.80. The Bertz CT molecular complexity index is 632. The highest BCUT2D eigenvalue weighted by Gasteiger charge is 2.36. The van der Waals surface area contributed by atoms with E-state index < -0.39 is 17.8 Å². The van der Waals surface area contributed by atoms with Crippen molar-refractivity contribution in [2.45, 2.75) is 13.1 Å². The second kappa shape index (κ2) is 4.42. The summed E-state index contributed by atoms with van der Waals surface area (Å²) in [5, 5.41) is 9.01. The van der Waals surface area contributed by atoms with Gasteiger partial charge in [-0.3, -0.25) is 4.98 Å². The van der Waals surface area contributed by atoms with Gasteiger partial charge in [0.15, 0.2) is 5.69 Å². The Labute approximate surface area is 105 Å². The summed E-state index contributed by atoms with van der Waals surface area (Å²) in [6.45, 7) is 1.57. The van der Waals surface area contributed by atoms with E-state index in [9.17, 15) is 18.0 Å². The Balaban J connectivity index is 2.70. The van der Waals surface area contributed by atoms with Crippen LogP contribution in [0, 0.1) is 6.92 Å². The summed E-state index contributed by atoms with van der Waals surface area (Å²) >= 11 is 0. The van der Waals surface area contributed by atoms with Crippen LogP contribution in [0.3, 0.4) is 0 Å². The molecule has 2 aromatic rings. The fraction of sp³-hybridized carbons (Fsp3) is 0.167. The van der Waals surface area contributed by atoms with E-state index in [1.807, 2.05) is 0 Å². The third-order valence-corrected chi connectivity index (χ3v) is 2.53. The zero-order valence-electron chi connectivity index (χ0n) is 9.75. The summed E-state index contributed by atoms with van der Waals surface area (Å²) in [5.74, 6) is -1.30. The number of aromatic carboxylic acids is 1. The molecule has 0 radical (unpaired) electrons. The maximum absolute atomic E-state index is 12.8. The first-order valence-electron chi connectivity index (χ1n) is 5.26. The van der Waals surface area contributed by atoms with Crippen molar-refractivity contribution >= 4 is 5.97 Å². The van der Waals surface area contributed by atoms with Crippen LogP contribution in [0.1, 0.15) is 21.7 Å². The summed E-state index contributed by atoms with van der Waals surface area (Å²) < 4.78 is 38.5. The molecule has 0 aliphatic rings. The molecule has 0 fully saturated rings. The van der Waals surface area contributed by atoms with Gasteiger partial charge in [-0.1, -0.05) is 0 Å². The largest absolute Gasteiger partial charge is 0.478 e. The molecule has 0 aliphatic heterocycles. The summed E-state index contributed by atoms with van der Waals surface area (Å²) in [4.78, 5) is 17.0. The molecule has 4 nitrogen and oxygen atoms in total. The van der Waals surface area contributed by atoms with Crippen LogP contribution in [0.15, 0.2) is 24.4 Å². The standard InChI is InChI=1S/C12H9F3N2O2/c1-6-5-8(11(18)19)9(17-6)7-3-2-4-16-10(7)12(13,14)15/h2-5,17H,1H3,(H,18,19). The van der Waals surface area contributed by atoms with Crippen LogP contribution in [0.4, 0.5) is 13.2 Å². The van der Waals surface area contributed by atoms with Crippen LogP contribution in [-0.2, 0) is 6.18 Å². The summed E-state index contributed by atoms with van der Waals surface area (Å²) in [5.41, 5.74) is -1.23. The van der Waals surface area contributed by atoms with Gasteiger partial charge in [0, 0.05) is 17.5 Å². The van der Waals surface area contributed by atoms with Crippen molar-refractivity contribution in [3.8, 4) is 11.3 Å². The zero-order chi connectivity index (χ0) is 14.2. The summed E-state index contributed by atoms with van der Waals surface area (Å²) in [6, 6.07) is 3.80. The van der Waals surface area contributed by atoms with E-state index in [4.69, 9.17) is 5.11 Å². The van der Waals surface area contributed by atoms with Gasteiger partial charge in [-0.25, -0.2) is 4.79 Å². The minimum Gasteiger partial charge on any atom is -0.478 e. The normalized spacial score (nSPS) is 11.6. The number of halogens is 3. The van der Waals surface area contributed by atoms with Crippen molar-refractivity contribution in [1.82, 2.24) is 9.97 Å². The lowest BCUT2D eigenvalue weighted by atomic mass is 10.1. The molecule has 2 N–H and O–H groups in total. The lowest BCUT2D eigenvalue weighted by Crippen LogP contribution is -2.11. The number of aryl methyl sites for hydroxylation is 1. The van der Waals surface area contributed by atoms with Crippen LogP contribution in [0.2, 0.25) is 0 Å². The molecule has 2 heterocycles. The maximum Gasteiger partial charge on any atom is 0.434 e. The predicted molar refractivity (Wildman–Crippen MR) is 60.7 cm³/mol. The Morgan fingerprint density at radius 3 is 2.68 bits per heavy atom. The van der Waals surface area contributed by atoms with Crippen molar-refractivity contribution in [3.05, 3.63) is 41.3 Å². The SMILES string of the molecule is Cc1cc(C(=O)O)c(-c2cccnc2C(F)(F)F)[nH]1. The molecular weight excluding hydrogens is 261 g/mol. The van der Waals surface area contributed by atoms with Crippen LogP contribution < -0.4 is 0 Å². The first-order chi connectivity index (χ1) is 8.80. The lowest BCUT2D eigenvalue weighted by molar-refractivity contribution is -0.140. The van der Waals surface area contributed by atoms with Gasteiger partial charge in [-0.15, -0.1) is 0 Å². The number of aromatic nitrogens is 2. The second-order valence-corrected chi connectivity index (χ2v) is 3.94. The molecule has 19 heavy (non-hydrogen) atoms. The number of hydrogen-bond donors (Lipinski definition) is 2. The third-order valence-electron chi connectivity index (χ3n) is 2.53. The second-order valence-electron chi connectivity index (χ2n) is 3.94. The number of nitrogens with zero attached hydrogens (tertiary/aromatic N) is 1. The summed E-state index contributed by atoms with van der Waals surface area (Å²) in [7, 11) is 0. The molecular formula is C12H9F3N2O2. The number of carboxylic acid groups (broad SMARTS) is 1. The van der Waals surface area contributed by atoms with E-state index in [0.717, 1.165) is 6.20 Å². The zero-order valence-corrected chi connectivity index (χ0v) is 9.75. The van der Waals surface area contributed by atoms with Crippen molar-refractivity contribution in [1.29, 1.82) is 0 Å². The molecule has 100 valence electrons. The molecule has 2 rings (SSSR count). The number of alkyl halides is 3.